The van der Waals surface area contributed by atoms with Crippen molar-refractivity contribution in [1.82, 2.24) is 0 Å². The molecule has 1 atom stereocenters. The Morgan fingerprint density at radius 3 is 2.88 bits per heavy atom. The molecule has 0 fully saturated rings. The zero-order valence-corrected chi connectivity index (χ0v) is 14.7. The first-order chi connectivity index (χ1) is 12.1. The lowest BCUT2D eigenvalue weighted by atomic mass is 10.1. The molecular weight excluding hydrogens is 322 g/mol. The Morgan fingerprint density at radius 2 is 2.12 bits per heavy atom. The largest absolute Gasteiger partial charge is 0.490 e. The summed E-state index contributed by atoms with van der Waals surface area (Å²) in [5, 5.41) is 9.94. The summed E-state index contributed by atoms with van der Waals surface area (Å²) in [7, 11) is 0. The Morgan fingerprint density at radius 1 is 1.28 bits per heavy atom. The smallest absolute Gasteiger partial charge is 0.342 e. The quantitative estimate of drug-likeness (QED) is 0.315. The Labute approximate surface area is 148 Å². The van der Waals surface area contributed by atoms with Gasteiger partial charge in [0.15, 0.2) is 5.96 Å². The highest BCUT2D eigenvalue weighted by Crippen LogP contribution is 2.25. The molecule has 25 heavy (non-hydrogen) atoms. The third kappa shape index (κ3) is 6.26. The fourth-order valence-corrected chi connectivity index (χ4v) is 2.67. The van der Waals surface area contributed by atoms with Crippen LogP contribution in [0.3, 0.4) is 0 Å². The molecule has 1 aliphatic rings. The number of nitrogens with two attached hydrogens (primary N) is 1. The van der Waals surface area contributed by atoms with E-state index in [-0.39, 0.29) is 18.7 Å². The zero-order chi connectivity index (χ0) is 18.1. The van der Waals surface area contributed by atoms with E-state index in [0.29, 0.717) is 30.2 Å². The van der Waals surface area contributed by atoms with Gasteiger partial charge in [0.25, 0.3) is 0 Å². The molecule has 4 N–H and O–H groups in total. The average molecular weight is 349 g/mol. The van der Waals surface area contributed by atoms with Gasteiger partial charge in [-0.1, -0.05) is 32.6 Å². The maximum Gasteiger partial charge on any atom is 0.342 e. The molecule has 0 saturated heterocycles. The van der Waals surface area contributed by atoms with Crippen molar-refractivity contribution in [2.45, 2.75) is 45.1 Å². The summed E-state index contributed by atoms with van der Waals surface area (Å²) >= 11 is 0. The molecule has 0 spiro atoms. The zero-order valence-electron chi connectivity index (χ0n) is 14.7. The van der Waals surface area contributed by atoms with Gasteiger partial charge in [0.1, 0.15) is 24.5 Å². The highest BCUT2D eigenvalue weighted by atomic mass is 16.6. The number of hydrogen-bond donors (Lipinski definition) is 3. The first-order valence-corrected chi connectivity index (χ1v) is 8.76. The molecule has 0 saturated carbocycles. The van der Waals surface area contributed by atoms with Crippen LogP contribution in [0.2, 0.25) is 0 Å². The lowest BCUT2D eigenvalue weighted by Gasteiger charge is -2.21. The fraction of sp³-hybridized carbons (Fsp3) is 0.556. The second-order valence-corrected chi connectivity index (χ2v) is 6.04. The van der Waals surface area contributed by atoms with Crippen molar-refractivity contribution in [2.24, 2.45) is 5.73 Å². The minimum atomic E-state index is -0.437. The number of unbranched alkanes of at least 4 members (excludes halogenated alkanes) is 3. The number of carbonyl (C=O) groups excluding carboxylic acids is 1. The van der Waals surface area contributed by atoms with E-state index in [0.717, 1.165) is 19.3 Å². The normalized spacial score (nSPS) is 17.8. The van der Waals surface area contributed by atoms with Crippen LogP contribution in [-0.2, 0) is 9.47 Å². The van der Waals surface area contributed by atoms with Gasteiger partial charge in [-0.05, 0) is 18.6 Å². The maximum atomic E-state index is 12.3. The summed E-state index contributed by atoms with van der Waals surface area (Å²) in [6, 6.07) is 4.90. The van der Waals surface area contributed by atoms with E-state index < -0.39 is 5.97 Å². The van der Waals surface area contributed by atoms with Crippen LogP contribution >= 0.6 is 0 Å². The molecule has 0 bridgehead atoms. The minimum Gasteiger partial charge on any atom is -0.490 e. The first-order valence-electron chi connectivity index (χ1n) is 8.76. The van der Waals surface area contributed by atoms with Gasteiger partial charge in [-0.3, -0.25) is 5.41 Å². The Bertz CT molecular complexity index is 592. The topological polar surface area (TPSA) is 107 Å². The van der Waals surface area contributed by atoms with Gasteiger partial charge in [-0.2, -0.15) is 0 Å². The van der Waals surface area contributed by atoms with Crippen LogP contribution in [0.4, 0.5) is 5.69 Å². The SMILES string of the molecule is CCCCCC[C@@H]1COC(=O)c2ccc(NC(=N)N)cc2OCCO1. The summed E-state index contributed by atoms with van der Waals surface area (Å²) < 4.78 is 16.9. The van der Waals surface area contributed by atoms with Crippen LogP contribution in [0, 0.1) is 5.41 Å². The van der Waals surface area contributed by atoms with Gasteiger partial charge in [0.2, 0.25) is 0 Å². The molecule has 1 aromatic carbocycles. The molecule has 0 amide bonds. The average Bonchev–Trinajstić information content (AvgIpc) is 2.58. The standard InChI is InChI=1S/C18H27N3O4/c1-2-3-4-5-6-14-12-25-17(22)15-8-7-13(21-18(19)20)11-16(15)24-10-9-23-14/h7-8,11,14H,2-6,9-10,12H2,1H3,(H4,19,20,21)/t14-/m1/s1. The molecule has 2 rings (SSSR count). The molecule has 0 radical (unpaired) electrons. The van der Waals surface area contributed by atoms with Crippen molar-refractivity contribution >= 4 is 17.6 Å². The molecule has 7 heteroatoms. The van der Waals surface area contributed by atoms with E-state index in [9.17, 15) is 4.79 Å². The highest BCUT2D eigenvalue weighted by Gasteiger charge is 2.20. The first kappa shape index (κ1) is 19.1. The summed E-state index contributed by atoms with van der Waals surface area (Å²) in [4.78, 5) is 12.3. The van der Waals surface area contributed by atoms with Gasteiger partial charge < -0.3 is 25.3 Å². The van der Waals surface area contributed by atoms with Crippen molar-refractivity contribution in [2.75, 3.05) is 25.1 Å². The third-order valence-electron chi connectivity index (χ3n) is 3.95. The second-order valence-electron chi connectivity index (χ2n) is 6.04. The molecule has 0 aliphatic carbocycles. The number of rotatable bonds is 6. The van der Waals surface area contributed by atoms with Crippen LogP contribution in [0.15, 0.2) is 18.2 Å². The van der Waals surface area contributed by atoms with Crippen LogP contribution in [-0.4, -0.2) is 37.9 Å². The summed E-state index contributed by atoms with van der Waals surface area (Å²) in [6.45, 7) is 3.20. The van der Waals surface area contributed by atoms with E-state index >= 15 is 0 Å². The summed E-state index contributed by atoms with van der Waals surface area (Å²) in [5.74, 6) is -0.230. The molecule has 0 aromatic heterocycles. The number of fused-ring (bicyclic) bond motifs is 1. The van der Waals surface area contributed by atoms with Gasteiger partial charge in [-0.25, -0.2) is 4.79 Å². The number of carbonyl (C=O) groups is 1. The van der Waals surface area contributed by atoms with E-state index in [1.807, 2.05) is 0 Å². The highest BCUT2D eigenvalue weighted by molar-refractivity contribution is 5.95. The number of guanidine groups is 1. The Hall–Kier alpha value is -2.28. The van der Waals surface area contributed by atoms with Crippen LogP contribution in [0.1, 0.15) is 49.4 Å². The van der Waals surface area contributed by atoms with Crippen LogP contribution in [0.5, 0.6) is 5.75 Å². The molecule has 1 aromatic rings. The molecular formula is C18H27N3O4. The molecule has 138 valence electrons. The summed E-state index contributed by atoms with van der Waals surface area (Å²) in [6.07, 6.45) is 5.40. The molecule has 1 heterocycles. The van der Waals surface area contributed by atoms with Crippen molar-refractivity contribution in [3.05, 3.63) is 23.8 Å². The predicted molar refractivity (Wildman–Crippen MR) is 96.3 cm³/mol. The van der Waals surface area contributed by atoms with E-state index in [1.165, 1.54) is 12.8 Å². The predicted octanol–water partition coefficient (Wildman–Crippen LogP) is 2.90. The number of nitrogens with one attached hydrogen (secondary N) is 2. The van der Waals surface area contributed by atoms with Gasteiger partial charge in [0, 0.05) is 11.8 Å². The van der Waals surface area contributed by atoms with Gasteiger partial charge in [-0.15, -0.1) is 0 Å². The number of cyclic esters (lactones) is 1. The van der Waals surface area contributed by atoms with Crippen molar-refractivity contribution < 1.29 is 19.0 Å². The third-order valence-corrected chi connectivity index (χ3v) is 3.95. The Kier molecular flexibility index (Phi) is 7.53. The summed E-state index contributed by atoms with van der Waals surface area (Å²) in [5.41, 5.74) is 6.26. The molecule has 7 nitrogen and oxygen atoms in total. The number of hydrogen-bond acceptors (Lipinski definition) is 5. The Balaban J connectivity index is 2.00. The maximum absolute atomic E-state index is 12.3. The van der Waals surface area contributed by atoms with Crippen molar-refractivity contribution in [3.8, 4) is 5.75 Å². The van der Waals surface area contributed by atoms with E-state index in [1.54, 1.807) is 18.2 Å². The van der Waals surface area contributed by atoms with Gasteiger partial charge in [0.05, 0.1) is 12.7 Å². The number of esters is 1. The molecule has 0 unspecified atom stereocenters. The van der Waals surface area contributed by atoms with E-state index in [4.69, 9.17) is 25.4 Å². The lowest BCUT2D eigenvalue weighted by Crippen LogP contribution is -2.26. The number of benzene rings is 1. The van der Waals surface area contributed by atoms with Crippen LogP contribution < -0.4 is 15.8 Å². The monoisotopic (exact) mass is 349 g/mol. The second kappa shape index (κ2) is 9.88. The van der Waals surface area contributed by atoms with Crippen LogP contribution in [0.25, 0.3) is 0 Å². The van der Waals surface area contributed by atoms with Gasteiger partial charge >= 0.3 is 5.97 Å². The number of ether oxygens (including phenoxy) is 3. The van der Waals surface area contributed by atoms with E-state index in [2.05, 4.69) is 12.2 Å². The number of anilines is 1. The lowest BCUT2D eigenvalue weighted by molar-refractivity contribution is -0.0237. The fourth-order valence-electron chi connectivity index (χ4n) is 2.67. The molecule has 1 aliphatic heterocycles. The van der Waals surface area contributed by atoms with Crippen molar-refractivity contribution in [3.63, 3.8) is 0 Å². The van der Waals surface area contributed by atoms with Crippen molar-refractivity contribution in [1.29, 1.82) is 5.41 Å². The minimum absolute atomic E-state index is 0.0930.